The Balaban J connectivity index is 2.02. The van der Waals surface area contributed by atoms with E-state index in [0.717, 1.165) is 31.7 Å². The summed E-state index contributed by atoms with van der Waals surface area (Å²) in [6.45, 7) is 8.86. The van der Waals surface area contributed by atoms with E-state index < -0.39 is 9.84 Å². The van der Waals surface area contributed by atoms with Gasteiger partial charge in [0.1, 0.15) is 0 Å². The minimum atomic E-state index is -3.17. The average Bonchev–Trinajstić information content (AvgIpc) is 2.70. The maximum atomic E-state index is 12.3. The molecule has 0 saturated carbocycles. The number of benzene rings is 1. The Morgan fingerprint density at radius 2 is 1.67 bits per heavy atom. The average molecular weight is 353 g/mol. The van der Waals surface area contributed by atoms with Gasteiger partial charge in [0.25, 0.3) is 0 Å². The first kappa shape index (κ1) is 18.6. The summed E-state index contributed by atoms with van der Waals surface area (Å²) in [7, 11) is -3.17. The zero-order valence-electron chi connectivity index (χ0n) is 14.9. The fraction of sp³-hybridized carbons (Fsp3) is 0.588. The van der Waals surface area contributed by atoms with Crippen LogP contribution in [0.3, 0.4) is 0 Å². The van der Waals surface area contributed by atoms with Crippen LogP contribution in [0, 0.1) is 0 Å². The topological polar surface area (TPSA) is 69.7 Å². The second-order valence-corrected chi connectivity index (χ2v) is 9.29. The van der Waals surface area contributed by atoms with Crippen molar-refractivity contribution in [3.63, 3.8) is 0 Å². The summed E-state index contributed by atoms with van der Waals surface area (Å²) in [5, 5.41) is 3.00. The van der Waals surface area contributed by atoms with Gasteiger partial charge in [-0.3, -0.25) is 0 Å². The molecule has 1 aliphatic heterocycles. The number of urea groups is 1. The van der Waals surface area contributed by atoms with Crippen molar-refractivity contribution in [2.45, 2.75) is 37.6 Å². The van der Waals surface area contributed by atoms with Gasteiger partial charge in [0.05, 0.1) is 4.90 Å². The number of carbonyl (C=O) groups is 1. The highest BCUT2D eigenvalue weighted by Gasteiger charge is 2.22. The third kappa shape index (κ3) is 5.12. The van der Waals surface area contributed by atoms with E-state index in [0.29, 0.717) is 11.4 Å². The second-order valence-electron chi connectivity index (χ2n) is 7.27. The van der Waals surface area contributed by atoms with E-state index in [1.165, 1.54) is 6.26 Å². The Morgan fingerprint density at radius 1 is 1.04 bits per heavy atom. The van der Waals surface area contributed by atoms with Gasteiger partial charge in [-0.2, -0.15) is 0 Å². The largest absolute Gasteiger partial charge is 0.370 e. The maximum absolute atomic E-state index is 12.3. The van der Waals surface area contributed by atoms with Crippen LogP contribution in [0.15, 0.2) is 29.2 Å². The van der Waals surface area contributed by atoms with Crippen LogP contribution in [0.5, 0.6) is 0 Å². The summed E-state index contributed by atoms with van der Waals surface area (Å²) < 4.78 is 23.1. The minimum Gasteiger partial charge on any atom is -0.370 e. The lowest BCUT2D eigenvalue weighted by Gasteiger charge is -2.28. The standard InChI is InChI=1S/C17H27N3O3S/c1-17(2,3)18-16(21)20-11-5-10-19(12-13-20)14-6-8-15(9-7-14)24(4,22)23/h6-9H,5,10-13H2,1-4H3,(H,18,21). The molecule has 6 nitrogen and oxygen atoms in total. The zero-order chi connectivity index (χ0) is 18.0. The molecule has 0 aromatic heterocycles. The number of hydrogen-bond acceptors (Lipinski definition) is 4. The summed E-state index contributed by atoms with van der Waals surface area (Å²) in [4.78, 5) is 16.7. The van der Waals surface area contributed by atoms with E-state index in [9.17, 15) is 13.2 Å². The monoisotopic (exact) mass is 353 g/mol. The molecule has 134 valence electrons. The highest BCUT2D eigenvalue weighted by Crippen LogP contribution is 2.19. The van der Waals surface area contributed by atoms with Crippen LogP contribution in [-0.4, -0.2) is 57.3 Å². The summed E-state index contributed by atoms with van der Waals surface area (Å²) >= 11 is 0. The fourth-order valence-corrected chi connectivity index (χ4v) is 3.31. The van der Waals surface area contributed by atoms with Crippen LogP contribution >= 0.6 is 0 Å². The first-order valence-electron chi connectivity index (χ1n) is 8.18. The molecule has 0 atom stereocenters. The van der Waals surface area contributed by atoms with Crippen LogP contribution in [0.25, 0.3) is 0 Å². The molecule has 1 N–H and O–H groups in total. The van der Waals surface area contributed by atoms with Crippen molar-refractivity contribution in [3.8, 4) is 0 Å². The Hall–Kier alpha value is -1.76. The lowest BCUT2D eigenvalue weighted by atomic mass is 10.1. The lowest BCUT2D eigenvalue weighted by molar-refractivity contribution is 0.192. The molecule has 1 aliphatic rings. The van der Waals surface area contributed by atoms with Gasteiger partial charge in [-0.25, -0.2) is 13.2 Å². The number of nitrogens with zero attached hydrogens (tertiary/aromatic N) is 2. The highest BCUT2D eigenvalue weighted by atomic mass is 32.2. The molecule has 1 aromatic rings. The quantitative estimate of drug-likeness (QED) is 0.884. The lowest BCUT2D eigenvalue weighted by Crippen LogP contribution is -2.49. The molecule has 0 radical (unpaired) electrons. The van der Waals surface area contributed by atoms with Crippen molar-refractivity contribution in [1.82, 2.24) is 10.2 Å². The van der Waals surface area contributed by atoms with Crippen LogP contribution in [-0.2, 0) is 9.84 Å². The predicted molar refractivity (Wildman–Crippen MR) is 96.2 cm³/mol. The van der Waals surface area contributed by atoms with Gasteiger partial charge < -0.3 is 15.1 Å². The van der Waals surface area contributed by atoms with Gasteiger partial charge in [-0.15, -0.1) is 0 Å². The third-order valence-corrected chi connectivity index (χ3v) is 5.02. The van der Waals surface area contributed by atoms with Crippen molar-refractivity contribution in [1.29, 1.82) is 0 Å². The number of sulfone groups is 1. The van der Waals surface area contributed by atoms with Gasteiger partial charge in [-0.05, 0) is 51.5 Å². The molecule has 7 heteroatoms. The van der Waals surface area contributed by atoms with E-state index in [1.807, 2.05) is 37.8 Å². The normalized spacial score (nSPS) is 16.7. The van der Waals surface area contributed by atoms with E-state index in [4.69, 9.17) is 0 Å². The maximum Gasteiger partial charge on any atom is 0.317 e. The molecule has 2 rings (SSSR count). The van der Waals surface area contributed by atoms with Crippen molar-refractivity contribution in [2.24, 2.45) is 0 Å². The number of hydrogen-bond donors (Lipinski definition) is 1. The molecule has 24 heavy (non-hydrogen) atoms. The minimum absolute atomic E-state index is 0.0308. The van der Waals surface area contributed by atoms with Crippen molar-refractivity contribution >= 4 is 21.6 Å². The van der Waals surface area contributed by atoms with Gasteiger partial charge in [0.15, 0.2) is 9.84 Å². The Bertz CT molecular complexity index is 678. The molecule has 1 fully saturated rings. The van der Waals surface area contributed by atoms with Crippen molar-refractivity contribution in [3.05, 3.63) is 24.3 Å². The van der Waals surface area contributed by atoms with Crippen LogP contribution in [0.4, 0.5) is 10.5 Å². The van der Waals surface area contributed by atoms with E-state index in [1.54, 1.807) is 12.1 Å². The summed E-state index contributed by atoms with van der Waals surface area (Å²) in [6, 6.07) is 6.92. The fourth-order valence-electron chi connectivity index (χ4n) is 2.68. The van der Waals surface area contributed by atoms with Gasteiger partial charge in [0, 0.05) is 43.7 Å². The van der Waals surface area contributed by atoms with E-state index in [-0.39, 0.29) is 11.6 Å². The molecule has 0 bridgehead atoms. The molecule has 2 amide bonds. The number of amides is 2. The van der Waals surface area contributed by atoms with Crippen LogP contribution in [0.2, 0.25) is 0 Å². The molecule has 0 spiro atoms. The third-order valence-electron chi connectivity index (χ3n) is 3.90. The molecular formula is C17H27N3O3S. The molecular weight excluding hydrogens is 326 g/mol. The SMILES string of the molecule is CC(C)(C)NC(=O)N1CCCN(c2ccc(S(C)(=O)=O)cc2)CC1. The van der Waals surface area contributed by atoms with Crippen molar-refractivity contribution in [2.75, 3.05) is 37.3 Å². The molecule has 1 saturated heterocycles. The molecule has 1 heterocycles. The van der Waals surface area contributed by atoms with Crippen molar-refractivity contribution < 1.29 is 13.2 Å². The number of carbonyl (C=O) groups excluding carboxylic acids is 1. The molecule has 0 aliphatic carbocycles. The van der Waals surface area contributed by atoms with E-state index >= 15 is 0 Å². The predicted octanol–water partition coefficient (Wildman–Crippen LogP) is 2.11. The van der Waals surface area contributed by atoms with Crippen LogP contribution < -0.4 is 10.2 Å². The van der Waals surface area contributed by atoms with Gasteiger partial charge in [0.2, 0.25) is 0 Å². The number of rotatable bonds is 2. The van der Waals surface area contributed by atoms with Gasteiger partial charge >= 0.3 is 6.03 Å². The summed E-state index contributed by atoms with van der Waals surface area (Å²) in [6.07, 6.45) is 2.09. The smallest absolute Gasteiger partial charge is 0.317 e. The second kappa shape index (κ2) is 7.01. The summed E-state index contributed by atoms with van der Waals surface area (Å²) in [5.41, 5.74) is 0.741. The first-order valence-corrected chi connectivity index (χ1v) is 10.1. The zero-order valence-corrected chi connectivity index (χ0v) is 15.7. The highest BCUT2D eigenvalue weighted by molar-refractivity contribution is 7.90. The number of anilines is 1. The Kier molecular flexibility index (Phi) is 5.42. The Morgan fingerprint density at radius 3 is 2.21 bits per heavy atom. The van der Waals surface area contributed by atoms with E-state index in [2.05, 4.69) is 10.2 Å². The number of nitrogens with one attached hydrogen (secondary N) is 1. The van der Waals surface area contributed by atoms with Crippen LogP contribution in [0.1, 0.15) is 27.2 Å². The molecule has 0 unspecified atom stereocenters. The molecule has 1 aromatic carbocycles. The summed E-state index contributed by atoms with van der Waals surface area (Å²) in [5.74, 6) is 0. The first-order chi connectivity index (χ1) is 11.1. The van der Waals surface area contributed by atoms with Gasteiger partial charge in [-0.1, -0.05) is 0 Å². The Labute approximate surface area is 144 Å².